The second-order valence-electron chi connectivity index (χ2n) is 6.11. The molecule has 20 heavy (non-hydrogen) atoms. The Bertz CT molecular complexity index is 379. The van der Waals surface area contributed by atoms with Crippen molar-refractivity contribution in [1.82, 2.24) is 15.1 Å². The van der Waals surface area contributed by atoms with Crippen LogP contribution in [0.5, 0.6) is 0 Å². The van der Waals surface area contributed by atoms with Crippen molar-refractivity contribution in [3.8, 4) is 0 Å². The van der Waals surface area contributed by atoms with E-state index in [1.165, 1.54) is 44.7 Å². The van der Waals surface area contributed by atoms with E-state index in [4.69, 9.17) is 0 Å². The van der Waals surface area contributed by atoms with Crippen molar-refractivity contribution in [2.75, 3.05) is 46.8 Å². The van der Waals surface area contributed by atoms with Gasteiger partial charge in [-0.2, -0.15) is 0 Å². The van der Waals surface area contributed by atoms with Gasteiger partial charge < -0.3 is 15.1 Å². The zero-order valence-electron chi connectivity index (χ0n) is 13.2. The SMILES string of the molecule is CNC(c1ccccc1)C(C)CN1CCCN(C)CC1. The smallest absolute Gasteiger partial charge is 0.0355 e. The maximum Gasteiger partial charge on any atom is 0.0355 e. The lowest BCUT2D eigenvalue weighted by atomic mass is 9.94. The maximum atomic E-state index is 3.50. The first-order valence-electron chi connectivity index (χ1n) is 7.84. The standard InChI is InChI=1S/C17H29N3/c1-15(14-20-11-7-10-19(3)12-13-20)17(18-2)16-8-5-4-6-9-16/h4-6,8-9,15,17-18H,7,10-14H2,1-3H3. The highest BCUT2D eigenvalue weighted by molar-refractivity contribution is 5.19. The highest BCUT2D eigenvalue weighted by atomic mass is 15.2. The molecule has 3 nitrogen and oxygen atoms in total. The van der Waals surface area contributed by atoms with E-state index in [9.17, 15) is 0 Å². The molecule has 1 aliphatic heterocycles. The lowest BCUT2D eigenvalue weighted by molar-refractivity contribution is 0.218. The van der Waals surface area contributed by atoms with Gasteiger partial charge in [0.15, 0.2) is 0 Å². The minimum Gasteiger partial charge on any atom is -0.313 e. The number of likely N-dealkylation sites (N-methyl/N-ethyl adjacent to an activating group) is 1. The first-order chi connectivity index (χ1) is 9.70. The van der Waals surface area contributed by atoms with Crippen LogP contribution in [-0.4, -0.2) is 56.6 Å². The number of rotatable bonds is 5. The number of nitrogens with one attached hydrogen (secondary N) is 1. The molecule has 2 unspecified atom stereocenters. The van der Waals surface area contributed by atoms with E-state index in [1.807, 2.05) is 0 Å². The molecular weight excluding hydrogens is 246 g/mol. The maximum absolute atomic E-state index is 3.50. The molecule has 112 valence electrons. The van der Waals surface area contributed by atoms with E-state index < -0.39 is 0 Å². The fourth-order valence-corrected chi connectivity index (χ4v) is 3.24. The number of benzene rings is 1. The van der Waals surface area contributed by atoms with E-state index >= 15 is 0 Å². The lowest BCUT2D eigenvalue weighted by Gasteiger charge is -2.30. The Morgan fingerprint density at radius 3 is 2.55 bits per heavy atom. The highest BCUT2D eigenvalue weighted by Crippen LogP contribution is 2.22. The summed E-state index contributed by atoms with van der Waals surface area (Å²) in [6.45, 7) is 8.41. The third-order valence-electron chi connectivity index (χ3n) is 4.40. The highest BCUT2D eigenvalue weighted by Gasteiger charge is 2.21. The summed E-state index contributed by atoms with van der Waals surface area (Å²) in [4.78, 5) is 5.07. The lowest BCUT2D eigenvalue weighted by Crippen LogP contribution is -2.36. The molecule has 0 aromatic heterocycles. The zero-order valence-corrected chi connectivity index (χ0v) is 13.2. The second kappa shape index (κ2) is 7.77. The molecule has 1 aliphatic rings. The molecule has 1 fully saturated rings. The molecule has 1 aromatic rings. The van der Waals surface area contributed by atoms with E-state index in [0.717, 1.165) is 0 Å². The minimum atomic E-state index is 0.442. The summed E-state index contributed by atoms with van der Waals surface area (Å²) < 4.78 is 0. The summed E-state index contributed by atoms with van der Waals surface area (Å²) >= 11 is 0. The van der Waals surface area contributed by atoms with Crippen LogP contribution >= 0.6 is 0 Å². The van der Waals surface area contributed by atoms with Crippen LogP contribution in [0.2, 0.25) is 0 Å². The van der Waals surface area contributed by atoms with Gasteiger partial charge in [-0.25, -0.2) is 0 Å². The van der Waals surface area contributed by atoms with Crippen LogP contribution in [0, 0.1) is 5.92 Å². The predicted octanol–water partition coefficient (Wildman–Crippen LogP) is 2.22. The fourth-order valence-electron chi connectivity index (χ4n) is 3.24. The van der Waals surface area contributed by atoms with Gasteiger partial charge in [0, 0.05) is 25.7 Å². The predicted molar refractivity (Wildman–Crippen MR) is 86.0 cm³/mol. The molecule has 0 spiro atoms. The Labute approximate surface area is 124 Å². The molecular formula is C17H29N3. The number of hydrogen-bond donors (Lipinski definition) is 1. The minimum absolute atomic E-state index is 0.442. The van der Waals surface area contributed by atoms with Gasteiger partial charge in [-0.3, -0.25) is 0 Å². The van der Waals surface area contributed by atoms with E-state index in [2.05, 4.69) is 66.5 Å². The average molecular weight is 275 g/mol. The zero-order chi connectivity index (χ0) is 14.4. The van der Waals surface area contributed by atoms with Crippen molar-refractivity contribution >= 4 is 0 Å². The van der Waals surface area contributed by atoms with Gasteiger partial charge in [0.1, 0.15) is 0 Å². The van der Waals surface area contributed by atoms with Gasteiger partial charge in [-0.05, 0) is 45.1 Å². The number of hydrogen-bond acceptors (Lipinski definition) is 3. The van der Waals surface area contributed by atoms with Gasteiger partial charge in [-0.15, -0.1) is 0 Å². The molecule has 0 radical (unpaired) electrons. The molecule has 0 aliphatic carbocycles. The molecule has 1 N–H and O–H groups in total. The molecule has 0 amide bonds. The number of nitrogens with zero attached hydrogens (tertiary/aromatic N) is 2. The summed E-state index contributed by atoms with van der Waals surface area (Å²) in [5.41, 5.74) is 1.40. The normalized spacial score (nSPS) is 21.4. The van der Waals surface area contributed by atoms with Crippen LogP contribution in [0.15, 0.2) is 30.3 Å². The van der Waals surface area contributed by atoms with Crippen molar-refractivity contribution in [3.63, 3.8) is 0 Å². The molecule has 2 rings (SSSR count). The average Bonchev–Trinajstić information content (AvgIpc) is 2.66. The summed E-state index contributed by atoms with van der Waals surface area (Å²) in [6, 6.07) is 11.3. The van der Waals surface area contributed by atoms with Crippen LogP contribution < -0.4 is 5.32 Å². The largest absolute Gasteiger partial charge is 0.313 e. The van der Waals surface area contributed by atoms with Gasteiger partial charge in [0.25, 0.3) is 0 Å². The molecule has 0 saturated carbocycles. The first kappa shape index (κ1) is 15.5. The molecule has 1 aromatic carbocycles. The third kappa shape index (κ3) is 4.30. The Morgan fingerprint density at radius 1 is 1.10 bits per heavy atom. The van der Waals surface area contributed by atoms with Crippen LogP contribution in [0.3, 0.4) is 0 Å². The van der Waals surface area contributed by atoms with Crippen molar-refractivity contribution in [1.29, 1.82) is 0 Å². The van der Waals surface area contributed by atoms with Crippen molar-refractivity contribution in [3.05, 3.63) is 35.9 Å². The van der Waals surface area contributed by atoms with Gasteiger partial charge in [0.05, 0.1) is 0 Å². The van der Waals surface area contributed by atoms with Gasteiger partial charge in [0.2, 0.25) is 0 Å². The molecule has 1 heterocycles. The Morgan fingerprint density at radius 2 is 1.85 bits per heavy atom. The monoisotopic (exact) mass is 275 g/mol. The fraction of sp³-hybridized carbons (Fsp3) is 0.647. The van der Waals surface area contributed by atoms with Crippen LogP contribution in [0.4, 0.5) is 0 Å². The summed E-state index contributed by atoms with van der Waals surface area (Å²) in [7, 11) is 4.30. The van der Waals surface area contributed by atoms with E-state index in [1.54, 1.807) is 0 Å². The molecule has 3 heteroatoms. The van der Waals surface area contributed by atoms with E-state index in [0.29, 0.717) is 12.0 Å². The summed E-state index contributed by atoms with van der Waals surface area (Å²) in [5.74, 6) is 0.616. The topological polar surface area (TPSA) is 18.5 Å². The second-order valence-corrected chi connectivity index (χ2v) is 6.11. The van der Waals surface area contributed by atoms with Gasteiger partial charge in [-0.1, -0.05) is 37.3 Å². The van der Waals surface area contributed by atoms with Crippen LogP contribution in [0.1, 0.15) is 24.9 Å². The molecule has 2 atom stereocenters. The Balaban J connectivity index is 1.93. The quantitative estimate of drug-likeness (QED) is 0.889. The van der Waals surface area contributed by atoms with Crippen LogP contribution in [0.25, 0.3) is 0 Å². The Hall–Kier alpha value is -0.900. The Kier molecular flexibility index (Phi) is 6.02. The van der Waals surface area contributed by atoms with Crippen molar-refractivity contribution < 1.29 is 0 Å². The van der Waals surface area contributed by atoms with Crippen molar-refractivity contribution in [2.24, 2.45) is 5.92 Å². The molecule has 1 saturated heterocycles. The summed E-state index contributed by atoms with van der Waals surface area (Å²) in [5, 5.41) is 3.50. The summed E-state index contributed by atoms with van der Waals surface area (Å²) in [6.07, 6.45) is 1.29. The first-order valence-corrected chi connectivity index (χ1v) is 7.84. The van der Waals surface area contributed by atoms with E-state index in [-0.39, 0.29) is 0 Å². The van der Waals surface area contributed by atoms with Crippen molar-refractivity contribution in [2.45, 2.75) is 19.4 Å². The van der Waals surface area contributed by atoms with Crippen LogP contribution in [-0.2, 0) is 0 Å². The molecule has 0 bridgehead atoms. The van der Waals surface area contributed by atoms with Gasteiger partial charge >= 0.3 is 0 Å². The third-order valence-corrected chi connectivity index (χ3v) is 4.40.